The van der Waals surface area contributed by atoms with E-state index in [2.05, 4.69) is 42.7 Å². The Balaban J connectivity index is 2.04. The minimum absolute atomic E-state index is 0.0592. The predicted molar refractivity (Wildman–Crippen MR) is 89.1 cm³/mol. The summed E-state index contributed by atoms with van der Waals surface area (Å²) in [5, 5.41) is 14.7. The highest BCUT2D eigenvalue weighted by atomic mass is 16.3. The molecule has 0 saturated carbocycles. The van der Waals surface area contributed by atoms with Gasteiger partial charge in [-0.3, -0.25) is 4.79 Å². The molecule has 4 heteroatoms. The second kappa shape index (κ2) is 7.61. The van der Waals surface area contributed by atoms with Crippen molar-refractivity contribution < 1.29 is 9.90 Å². The molecular weight excluding hydrogens is 276 g/mol. The van der Waals surface area contributed by atoms with Crippen LogP contribution in [-0.2, 0) is 6.54 Å². The second-order valence-corrected chi connectivity index (χ2v) is 5.27. The monoisotopic (exact) mass is 298 g/mol. The Morgan fingerprint density at radius 1 is 1.14 bits per heavy atom. The minimum atomic E-state index is -0.176. The number of amides is 1. The Bertz CT molecular complexity index is 653. The average molecular weight is 298 g/mol. The lowest BCUT2D eigenvalue weighted by molar-refractivity contribution is 0.0945. The van der Waals surface area contributed by atoms with E-state index in [0.29, 0.717) is 5.56 Å². The van der Waals surface area contributed by atoms with Gasteiger partial charge in [0.25, 0.3) is 5.91 Å². The van der Waals surface area contributed by atoms with E-state index in [0.717, 1.165) is 12.2 Å². The van der Waals surface area contributed by atoms with Crippen LogP contribution in [0.5, 0.6) is 0 Å². The molecule has 2 aromatic carbocycles. The average Bonchev–Trinajstić information content (AvgIpc) is 2.54. The van der Waals surface area contributed by atoms with Gasteiger partial charge in [-0.1, -0.05) is 24.3 Å². The standard InChI is InChI=1S/C18H22N2O2/c1-13-5-3-7-16(14(13)2)12-20-17-8-4-6-15(11-17)18(22)19-9-10-21/h3-8,11,20-21H,9-10,12H2,1-2H3,(H,19,22). The number of aryl methyl sites for hydroxylation is 1. The lowest BCUT2D eigenvalue weighted by Crippen LogP contribution is -2.26. The van der Waals surface area contributed by atoms with Crippen molar-refractivity contribution in [2.75, 3.05) is 18.5 Å². The van der Waals surface area contributed by atoms with Crippen LogP contribution in [0.4, 0.5) is 5.69 Å². The van der Waals surface area contributed by atoms with Crippen LogP contribution in [0, 0.1) is 13.8 Å². The Labute approximate surface area is 131 Å². The van der Waals surface area contributed by atoms with E-state index in [4.69, 9.17) is 5.11 Å². The molecule has 0 aliphatic heterocycles. The van der Waals surface area contributed by atoms with Crippen LogP contribution in [0.25, 0.3) is 0 Å². The summed E-state index contributed by atoms with van der Waals surface area (Å²) >= 11 is 0. The predicted octanol–water partition coefficient (Wildman–Crippen LogP) is 2.64. The molecule has 0 fully saturated rings. The van der Waals surface area contributed by atoms with Gasteiger partial charge >= 0.3 is 0 Å². The van der Waals surface area contributed by atoms with Crippen LogP contribution in [0.3, 0.4) is 0 Å². The van der Waals surface area contributed by atoms with Gasteiger partial charge in [0.1, 0.15) is 0 Å². The summed E-state index contributed by atoms with van der Waals surface area (Å²) in [5.41, 5.74) is 5.29. The summed E-state index contributed by atoms with van der Waals surface area (Å²) < 4.78 is 0. The Hall–Kier alpha value is -2.33. The molecule has 0 spiro atoms. The number of hydrogen-bond donors (Lipinski definition) is 3. The van der Waals surface area contributed by atoms with Gasteiger partial charge in [0.15, 0.2) is 0 Å². The van der Waals surface area contributed by atoms with Crippen molar-refractivity contribution in [2.24, 2.45) is 0 Å². The highest BCUT2D eigenvalue weighted by molar-refractivity contribution is 5.95. The number of aliphatic hydroxyl groups is 1. The molecule has 0 saturated heterocycles. The molecule has 2 aromatic rings. The van der Waals surface area contributed by atoms with Crippen molar-refractivity contribution in [1.82, 2.24) is 5.32 Å². The van der Waals surface area contributed by atoms with E-state index < -0.39 is 0 Å². The van der Waals surface area contributed by atoms with E-state index in [1.165, 1.54) is 16.7 Å². The summed E-state index contributed by atoms with van der Waals surface area (Å²) in [7, 11) is 0. The smallest absolute Gasteiger partial charge is 0.251 e. The number of rotatable bonds is 6. The van der Waals surface area contributed by atoms with Crippen molar-refractivity contribution in [1.29, 1.82) is 0 Å². The third-order valence-electron chi connectivity index (χ3n) is 3.72. The van der Waals surface area contributed by atoms with Crippen molar-refractivity contribution in [2.45, 2.75) is 20.4 Å². The summed E-state index contributed by atoms with van der Waals surface area (Å²) in [6.45, 7) is 5.14. The van der Waals surface area contributed by atoms with Gasteiger partial charge in [-0.05, 0) is 48.7 Å². The minimum Gasteiger partial charge on any atom is -0.395 e. The Morgan fingerprint density at radius 3 is 2.68 bits per heavy atom. The van der Waals surface area contributed by atoms with Crippen LogP contribution in [0.1, 0.15) is 27.0 Å². The number of carbonyl (C=O) groups is 1. The molecule has 116 valence electrons. The van der Waals surface area contributed by atoms with E-state index in [9.17, 15) is 4.79 Å². The normalized spacial score (nSPS) is 10.3. The van der Waals surface area contributed by atoms with Crippen molar-refractivity contribution in [3.8, 4) is 0 Å². The fraction of sp³-hybridized carbons (Fsp3) is 0.278. The van der Waals surface area contributed by atoms with Crippen LogP contribution in [0.15, 0.2) is 42.5 Å². The Kier molecular flexibility index (Phi) is 5.55. The molecule has 0 bridgehead atoms. The lowest BCUT2D eigenvalue weighted by atomic mass is 10.0. The maximum atomic E-state index is 11.9. The zero-order valence-electron chi connectivity index (χ0n) is 13.0. The third kappa shape index (κ3) is 4.09. The summed E-state index contributed by atoms with van der Waals surface area (Å²) in [4.78, 5) is 11.9. The van der Waals surface area contributed by atoms with Gasteiger partial charge in [-0.15, -0.1) is 0 Å². The molecule has 0 aliphatic rings. The van der Waals surface area contributed by atoms with Gasteiger partial charge in [0.05, 0.1) is 6.61 Å². The first kappa shape index (κ1) is 16.0. The molecule has 0 aliphatic carbocycles. The van der Waals surface area contributed by atoms with Crippen LogP contribution >= 0.6 is 0 Å². The molecule has 0 heterocycles. The fourth-order valence-electron chi connectivity index (χ4n) is 2.24. The molecule has 0 aromatic heterocycles. The van der Waals surface area contributed by atoms with E-state index in [-0.39, 0.29) is 19.1 Å². The molecule has 0 unspecified atom stereocenters. The highest BCUT2D eigenvalue weighted by Gasteiger charge is 2.06. The largest absolute Gasteiger partial charge is 0.395 e. The van der Waals surface area contributed by atoms with E-state index in [1.807, 2.05) is 18.2 Å². The molecule has 4 nitrogen and oxygen atoms in total. The van der Waals surface area contributed by atoms with E-state index in [1.54, 1.807) is 6.07 Å². The first-order valence-corrected chi connectivity index (χ1v) is 7.40. The maximum Gasteiger partial charge on any atom is 0.251 e. The third-order valence-corrected chi connectivity index (χ3v) is 3.72. The molecule has 0 radical (unpaired) electrons. The van der Waals surface area contributed by atoms with Crippen molar-refractivity contribution in [3.63, 3.8) is 0 Å². The summed E-state index contributed by atoms with van der Waals surface area (Å²) in [6.07, 6.45) is 0. The summed E-state index contributed by atoms with van der Waals surface area (Å²) in [5.74, 6) is -0.176. The SMILES string of the molecule is Cc1cccc(CNc2cccc(C(=O)NCCO)c2)c1C. The number of carbonyl (C=O) groups excluding carboxylic acids is 1. The number of aliphatic hydroxyl groups excluding tert-OH is 1. The van der Waals surface area contributed by atoms with Crippen LogP contribution in [0.2, 0.25) is 0 Å². The van der Waals surface area contributed by atoms with Gasteiger partial charge < -0.3 is 15.7 Å². The first-order chi connectivity index (χ1) is 10.6. The van der Waals surface area contributed by atoms with Gasteiger partial charge in [0.2, 0.25) is 0 Å². The van der Waals surface area contributed by atoms with Gasteiger partial charge in [-0.25, -0.2) is 0 Å². The van der Waals surface area contributed by atoms with Gasteiger partial charge in [-0.2, -0.15) is 0 Å². The molecule has 1 amide bonds. The number of hydrogen-bond acceptors (Lipinski definition) is 3. The van der Waals surface area contributed by atoms with Crippen LogP contribution in [-0.4, -0.2) is 24.2 Å². The maximum absolute atomic E-state index is 11.9. The van der Waals surface area contributed by atoms with Gasteiger partial charge in [0, 0.05) is 24.3 Å². The molecular formula is C18H22N2O2. The number of benzene rings is 2. The topological polar surface area (TPSA) is 61.4 Å². The highest BCUT2D eigenvalue weighted by Crippen LogP contribution is 2.16. The number of anilines is 1. The van der Waals surface area contributed by atoms with E-state index >= 15 is 0 Å². The zero-order valence-corrected chi connectivity index (χ0v) is 13.0. The molecule has 22 heavy (non-hydrogen) atoms. The fourth-order valence-corrected chi connectivity index (χ4v) is 2.24. The second-order valence-electron chi connectivity index (χ2n) is 5.27. The number of nitrogens with one attached hydrogen (secondary N) is 2. The first-order valence-electron chi connectivity index (χ1n) is 7.40. The molecule has 0 atom stereocenters. The van der Waals surface area contributed by atoms with Crippen LogP contribution < -0.4 is 10.6 Å². The van der Waals surface area contributed by atoms with Crippen molar-refractivity contribution in [3.05, 3.63) is 64.7 Å². The Morgan fingerprint density at radius 2 is 1.91 bits per heavy atom. The lowest BCUT2D eigenvalue weighted by Gasteiger charge is -2.12. The zero-order chi connectivity index (χ0) is 15.9. The molecule has 2 rings (SSSR count). The summed E-state index contributed by atoms with van der Waals surface area (Å²) in [6, 6.07) is 13.6. The quantitative estimate of drug-likeness (QED) is 0.768. The molecule has 3 N–H and O–H groups in total. The van der Waals surface area contributed by atoms with Crippen molar-refractivity contribution >= 4 is 11.6 Å².